The summed E-state index contributed by atoms with van der Waals surface area (Å²) < 4.78 is 13.5. The Balaban J connectivity index is 2.17. The lowest BCUT2D eigenvalue weighted by Crippen LogP contribution is -2.24. The number of halogens is 2. The number of nitrogens with zero attached hydrogens (tertiary/aromatic N) is 1. The Morgan fingerprint density at radius 1 is 1.33 bits per heavy atom. The highest BCUT2D eigenvalue weighted by Crippen LogP contribution is 2.24. The van der Waals surface area contributed by atoms with Crippen LogP contribution in [0, 0.1) is 5.82 Å². The summed E-state index contributed by atoms with van der Waals surface area (Å²) >= 11 is 6.19. The second kappa shape index (κ2) is 8.11. The van der Waals surface area contributed by atoms with Gasteiger partial charge in [0.05, 0.1) is 5.02 Å². The first kappa shape index (κ1) is 15.9. The molecule has 1 aromatic heterocycles. The van der Waals surface area contributed by atoms with Crippen LogP contribution in [0.2, 0.25) is 5.02 Å². The fraction of sp³-hybridized carbons (Fsp3) is 0.353. The molecule has 21 heavy (non-hydrogen) atoms. The average Bonchev–Trinajstić information content (AvgIpc) is 2.48. The maximum Gasteiger partial charge on any atom is 0.123 e. The minimum absolute atomic E-state index is 0.187. The zero-order chi connectivity index (χ0) is 15.1. The number of nitrogens with one attached hydrogen (secondary N) is 1. The molecular weight excluding hydrogens is 287 g/mol. The number of hydrogen-bond acceptors (Lipinski definition) is 2. The molecule has 0 saturated carbocycles. The quantitative estimate of drug-likeness (QED) is 0.776. The zero-order valence-electron chi connectivity index (χ0n) is 12.2. The van der Waals surface area contributed by atoms with Crippen molar-refractivity contribution in [3.8, 4) is 0 Å². The van der Waals surface area contributed by atoms with Crippen molar-refractivity contribution >= 4 is 11.6 Å². The highest BCUT2D eigenvalue weighted by molar-refractivity contribution is 6.31. The molecule has 1 aromatic carbocycles. The van der Waals surface area contributed by atoms with Gasteiger partial charge in [0.1, 0.15) is 5.82 Å². The first-order chi connectivity index (χ1) is 10.2. The molecule has 1 N–H and O–H groups in total. The number of pyridine rings is 1. The monoisotopic (exact) mass is 306 g/mol. The van der Waals surface area contributed by atoms with E-state index in [0.29, 0.717) is 5.02 Å². The molecule has 0 spiro atoms. The van der Waals surface area contributed by atoms with Crippen molar-refractivity contribution in [3.05, 3.63) is 64.7 Å². The topological polar surface area (TPSA) is 24.9 Å². The molecule has 112 valence electrons. The molecular formula is C17H20ClFN2. The molecule has 2 rings (SSSR count). The van der Waals surface area contributed by atoms with Gasteiger partial charge < -0.3 is 5.32 Å². The molecule has 2 nitrogen and oxygen atoms in total. The van der Waals surface area contributed by atoms with E-state index in [-0.39, 0.29) is 11.7 Å². The van der Waals surface area contributed by atoms with E-state index in [1.807, 2.05) is 12.1 Å². The van der Waals surface area contributed by atoms with Crippen LogP contribution < -0.4 is 5.32 Å². The summed E-state index contributed by atoms with van der Waals surface area (Å²) in [7, 11) is 0. The summed E-state index contributed by atoms with van der Waals surface area (Å²) in [4.78, 5) is 4.01. The number of benzene rings is 1. The minimum Gasteiger partial charge on any atom is -0.316 e. The maximum absolute atomic E-state index is 13.5. The van der Waals surface area contributed by atoms with Crippen LogP contribution in [0.4, 0.5) is 4.39 Å². The van der Waals surface area contributed by atoms with Crippen molar-refractivity contribution in [2.45, 2.75) is 25.7 Å². The van der Waals surface area contributed by atoms with E-state index in [4.69, 9.17) is 11.6 Å². The van der Waals surface area contributed by atoms with Gasteiger partial charge in [-0.1, -0.05) is 30.7 Å². The van der Waals surface area contributed by atoms with Gasteiger partial charge in [0.2, 0.25) is 0 Å². The van der Waals surface area contributed by atoms with Gasteiger partial charge in [-0.15, -0.1) is 0 Å². The lowest BCUT2D eigenvalue weighted by Gasteiger charge is -2.19. The molecule has 0 radical (unpaired) electrons. The van der Waals surface area contributed by atoms with Crippen molar-refractivity contribution in [3.63, 3.8) is 0 Å². The van der Waals surface area contributed by atoms with Gasteiger partial charge in [-0.3, -0.25) is 4.98 Å². The fourth-order valence-corrected chi connectivity index (χ4v) is 2.55. The smallest absolute Gasteiger partial charge is 0.123 e. The SMILES string of the molecule is CCCNCC(Cc1ccncc1Cl)c1cccc(F)c1. The van der Waals surface area contributed by atoms with E-state index >= 15 is 0 Å². The average molecular weight is 307 g/mol. The van der Waals surface area contributed by atoms with Gasteiger partial charge in [0.15, 0.2) is 0 Å². The number of aromatic nitrogens is 1. The van der Waals surface area contributed by atoms with Crippen LogP contribution in [0.15, 0.2) is 42.7 Å². The second-order valence-corrected chi connectivity index (χ2v) is 5.53. The lowest BCUT2D eigenvalue weighted by molar-refractivity contribution is 0.569. The van der Waals surface area contributed by atoms with Crippen molar-refractivity contribution in [1.82, 2.24) is 10.3 Å². The molecule has 1 heterocycles. The first-order valence-corrected chi connectivity index (χ1v) is 7.63. The Hall–Kier alpha value is -1.45. The Labute approximate surface area is 130 Å². The van der Waals surface area contributed by atoms with E-state index < -0.39 is 0 Å². The first-order valence-electron chi connectivity index (χ1n) is 7.25. The highest BCUT2D eigenvalue weighted by Gasteiger charge is 2.14. The van der Waals surface area contributed by atoms with Crippen LogP contribution in [0.1, 0.15) is 30.4 Å². The summed E-state index contributed by atoms with van der Waals surface area (Å²) in [5.74, 6) is -0.0130. The number of hydrogen-bond donors (Lipinski definition) is 1. The Bertz CT molecular complexity index is 574. The standard InChI is InChI=1S/C17H20ClFN2/c1-2-7-20-11-15(13-4-3-5-16(19)10-13)9-14-6-8-21-12-17(14)18/h3-6,8,10,12,15,20H,2,7,9,11H2,1H3. The maximum atomic E-state index is 13.5. The van der Waals surface area contributed by atoms with Gasteiger partial charge in [-0.2, -0.15) is 0 Å². The van der Waals surface area contributed by atoms with Crippen molar-refractivity contribution in [1.29, 1.82) is 0 Å². The van der Waals surface area contributed by atoms with E-state index in [1.54, 1.807) is 24.5 Å². The molecule has 0 bridgehead atoms. The van der Waals surface area contributed by atoms with Crippen LogP contribution in [-0.4, -0.2) is 18.1 Å². The van der Waals surface area contributed by atoms with Crippen LogP contribution in [0.3, 0.4) is 0 Å². The Morgan fingerprint density at radius 2 is 2.19 bits per heavy atom. The van der Waals surface area contributed by atoms with Gasteiger partial charge >= 0.3 is 0 Å². The van der Waals surface area contributed by atoms with Crippen molar-refractivity contribution in [2.75, 3.05) is 13.1 Å². The van der Waals surface area contributed by atoms with Crippen LogP contribution in [-0.2, 0) is 6.42 Å². The summed E-state index contributed by atoms with van der Waals surface area (Å²) in [5.41, 5.74) is 2.03. The zero-order valence-corrected chi connectivity index (χ0v) is 12.9. The lowest BCUT2D eigenvalue weighted by atomic mass is 9.92. The van der Waals surface area contributed by atoms with E-state index in [0.717, 1.165) is 37.1 Å². The van der Waals surface area contributed by atoms with Crippen LogP contribution in [0.5, 0.6) is 0 Å². The molecule has 0 aliphatic rings. The second-order valence-electron chi connectivity index (χ2n) is 5.13. The van der Waals surface area contributed by atoms with Gasteiger partial charge in [0.25, 0.3) is 0 Å². The molecule has 1 unspecified atom stereocenters. The molecule has 0 saturated heterocycles. The molecule has 1 atom stereocenters. The van der Waals surface area contributed by atoms with Crippen LogP contribution >= 0.6 is 11.6 Å². The summed E-state index contributed by atoms with van der Waals surface area (Å²) in [5, 5.41) is 4.07. The fourth-order valence-electron chi connectivity index (χ4n) is 2.36. The largest absolute Gasteiger partial charge is 0.316 e. The third kappa shape index (κ3) is 4.80. The Kier molecular flexibility index (Phi) is 6.15. The van der Waals surface area contributed by atoms with Crippen LogP contribution in [0.25, 0.3) is 0 Å². The predicted octanol–water partition coefficient (Wildman–Crippen LogP) is 4.20. The molecule has 0 aliphatic heterocycles. The van der Waals surface area contributed by atoms with Crippen molar-refractivity contribution in [2.24, 2.45) is 0 Å². The Morgan fingerprint density at radius 3 is 2.90 bits per heavy atom. The molecule has 0 amide bonds. The molecule has 0 aliphatic carbocycles. The van der Waals surface area contributed by atoms with E-state index in [2.05, 4.69) is 17.2 Å². The summed E-state index contributed by atoms with van der Waals surface area (Å²) in [6.07, 6.45) is 5.23. The van der Waals surface area contributed by atoms with E-state index in [9.17, 15) is 4.39 Å². The van der Waals surface area contributed by atoms with E-state index in [1.165, 1.54) is 6.07 Å². The normalized spacial score (nSPS) is 12.3. The van der Waals surface area contributed by atoms with Crippen molar-refractivity contribution < 1.29 is 4.39 Å². The summed E-state index contributed by atoms with van der Waals surface area (Å²) in [6, 6.07) is 8.73. The van der Waals surface area contributed by atoms with Gasteiger partial charge in [0, 0.05) is 24.9 Å². The third-order valence-corrected chi connectivity index (χ3v) is 3.80. The third-order valence-electron chi connectivity index (χ3n) is 3.46. The summed E-state index contributed by atoms with van der Waals surface area (Å²) in [6.45, 7) is 3.88. The predicted molar refractivity (Wildman–Crippen MR) is 85.3 cm³/mol. The minimum atomic E-state index is -0.200. The number of rotatable bonds is 7. The molecule has 4 heteroatoms. The molecule has 2 aromatic rings. The molecule has 0 fully saturated rings. The van der Waals surface area contributed by atoms with Gasteiger partial charge in [-0.05, 0) is 48.7 Å². The highest BCUT2D eigenvalue weighted by atomic mass is 35.5. The van der Waals surface area contributed by atoms with Gasteiger partial charge in [-0.25, -0.2) is 4.39 Å².